The zero-order valence-corrected chi connectivity index (χ0v) is 4.65. The summed E-state index contributed by atoms with van der Waals surface area (Å²) in [4.78, 5) is 0. The van der Waals surface area contributed by atoms with Crippen LogP contribution in [0.25, 0.3) is 0 Å². The standard InChI is InChI=1S/C4H8ClNO/c5-3-1-6-2-4(3)7/h3-4,6-7H,1-2H2/t3-,4-/m1/s1. The predicted octanol–water partition coefficient (Wildman–Crippen LogP) is -0.442. The molecule has 2 N–H and O–H groups in total. The minimum absolute atomic E-state index is 0.0694. The maximum atomic E-state index is 8.80. The summed E-state index contributed by atoms with van der Waals surface area (Å²) in [7, 11) is 0. The molecule has 0 aromatic rings. The summed E-state index contributed by atoms with van der Waals surface area (Å²) >= 11 is 5.55. The number of aliphatic hydroxyl groups excluding tert-OH is 1. The van der Waals surface area contributed by atoms with Gasteiger partial charge >= 0.3 is 0 Å². The predicted molar refractivity (Wildman–Crippen MR) is 28.5 cm³/mol. The van der Waals surface area contributed by atoms with E-state index in [0.29, 0.717) is 6.54 Å². The van der Waals surface area contributed by atoms with Gasteiger partial charge in [-0.25, -0.2) is 0 Å². The van der Waals surface area contributed by atoms with E-state index in [1.54, 1.807) is 0 Å². The fourth-order valence-electron chi connectivity index (χ4n) is 0.633. The fraction of sp³-hybridized carbons (Fsp3) is 1.00. The van der Waals surface area contributed by atoms with Crippen LogP contribution in [-0.4, -0.2) is 29.7 Å². The molecule has 1 rings (SSSR count). The third kappa shape index (κ3) is 1.06. The molecule has 1 aliphatic heterocycles. The molecule has 1 heterocycles. The first kappa shape index (κ1) is 5.35. The van der Waals surface area contributed by atoms with Gasteiger partial charge in [0.15, 0.2) is 0 Å². The summed E-state index contributed by atoms with van der Waals surface area (Å²) in [6.07, 6.45) is -0.332. The van der Waals surface area contributed by atoms with Crippen molar-refractivity contribution in [1.82, 2.24) is 5.32 Å². The highest BCUT2D eigenvalue weighted by Gasteiger charge is 2.21. The van der Waals surface area contributed by atoms with E-state index in [1.807, 2.05) is 0 Å². The van der Waals surface area contributed by atoms with Crippen molar-refractivity contribution in [1.29, 1.82) is 0 Å². The van der Waals surface area contributed by atoms with Crippen molar-refractivity contribution in [2.24, 2.45) is 0 Å². The highest BCUT2D eigenvalue weighted by molar-refractivity contribution is 6.21. The van der Waals surface area contributed by atoms with Crippen LogP contribution in [0.4, 0.5) is 0 Å². The summed E-state index contributed by atoms with van der Waals surface area (Å²) in [6.45, 7) is 1.39. The molecule has 0 aromatic carbocycles. The third-order valence-electron chi connectivity index (χ3n) is 1.11. The smallest absolute Gasteiger partial charge is 0.0840 e. The van der Waals surface area contributed by atoms with E-state index in [1.165, 1.54) is 0 Å². The van der Waals surface area contributed by atoms with Gasteiger partial charge in [0.05, 0.1) is 11.5 Å². The zero-order chi connectivity index (χ0) is 5.28. The van der Waals surface area contributed by atoms with Crippen LogP contribution < -0.4 is 5.32 Å². The second-order valence-electron chi connectivity index (χ2n) is 1.74. The molecule has 1 saturated heterocycles. The Bertz CT molecular complexity index is 60.7. The van der Waals surface area contributed by atoms with Crippen LogP contribution >= 0.6 is 11.6 Å². The van der Waals surface area contributed by atoms with E-state index in [9.17, 15) is 0 Å². The summed E-state index contributed by atoms with van der Waals surface area (Å²) in [5.74, 6) is 0. The Morgan fingerprint density at radius 2 is 2.29 bits per heavy atom. The average Bonchev–Trinajstić information content (AvgIpc) is 1.91. The Balaban J connectivity index is 2.33. The molecule has 0 unspecified atom stereocenters. The molecule has 2 atom stereocenters. The van der Waals surface area contributed by atoms with Crippen LogP contribution in [0.5, 0.6) is 0 Å². The SMILES string of the molecule is O[C@@H]1CNC[C@H]1Cl. The van der Waals surface area contributed by atoms with Gasteiger partial charge in [0.2, 0.25) is 0 Å². The van der Waals surface area contributed by atoms with E-state index in [-0.39, 0.29) is 11.5 Å². The van der Waals surface area contributed by atoms with Gasteiger partial charge in [-0.2, -0.15) is 0 Å². The van der Waals surface area contributed by atoms with Gasteiger partial charge in [-0.1, -0.05) is 0 Å². The van der Waals surface area contributed by atoms with Crippen LogP contribution in [0.2, 0.25) is 0 Å². The van der Waals surface area contributed by atoms with E-state index in [4.69, 9.17) is 16.7 Å². The van der Waals surface area contributed by atoms with E-state index >= 15 is 0 Å². The molecule has 0 saturated carbocycles. The maximum Gasteiger partial charge on any atom is 0.0840 e. The average molecular weight is 122 g/mol. The first-order chi connectivity index (χ1) is 3.30. The highest BCUT2D eigenvalue weighted by atomic mass is 35.5. The molecule has 3 heteroatoms. The van der Waals surface area contributed by atoms with E-state index in [2.05, 4.69) is 5.32 Å². The number of aliphatic hydroxyl groups is 1. The van der Waals surface area contributed by atoms with Gasteiger partial charge in [-0.3, -0.25) is 0 Å². The van der Waals surface area contributed by atoms with Crippen molar-refractivity contribution in [2.45, 2.75) is 11.5 Å². The number of halogens is 1. The summed E-state index contributed by atoms with van der Waals surface area (Å²) in [5.41, 5.74) is 0. The highest BCUT2D eigenvalue weighted by Crippen LogP contribution is 2.05. The van der Waals surface area contributed by atoms with Crippen LogP contribution in [-0.2, 0) is 0 Å². The van der Waals surface area contributed by atoms with Crippen LogP contribution in [0, 0.1) is 0 Å². The molecule has 0 radical (unpaired) electrons. The summed E-state index contributed by atoms with van der Waals surface area (Å²) < 4.78 is 0. The molecule has 0 spiro atoms. The molecule has 0 aliphatic carbocycles. The lowest BCUT2D eigenvalue weighted by Crippen LogP contribution is -2.17. The second-order valence-corrected chi connectivity index (χ2v) is 2.30. The van der Waals surface area contributed by atoms with Crippen molar-refractivity contribution in [3.63, 3.8) is 0 Å². The molecule has 7 heavy (non-hydrogen) atoms. The van der Waals surface area contributed by atoms with Gasteiger partial charge < -0.3 is 10.4 Å². The Morgan fingerprint density at radius 3 is 2.43 bits per heavy atom. The largest absolute Gasteiger partial charge is 0.390 e. The van der Waals surface area contributed by atoms with E-state index in [0.717, 1.165) is 6.54 Å². The number of β-amino-alcohol motifs (C(OH)–C–C–N with tert-alkyl or cyclic N) is 1. The topological polar surface area (TPSA) is 32.3 Å². The van der Waals surface area contributed by atoms with Gasteiger partial charge in [-0.15, -0.1) is 11.6 Å². The first-order valence-electron chi connectivity index (χ1n) is 2.33. The summed E-state index contributed by atoms with van der Waals surface area (Å²) in [5, 5.41) is 11.7. The van der Waals surface area contributed by atoms with Gasteiger partial charge in [0.1, 0.15) is 0 Å². The zero-order valence-electron chi connectivity index (χ0n) is 3.89. The molecule has 0 bridgehead atoms. The lowest BCUT2D eigenvalue weighted by Gasteiger charge is -2.00. The summed E-state index contributed by atoms with van der Waals surface area (Å²) in [6, 6.07) is 0. The molecule has 1 fully saturated rings. The lowest BCUT2D eigenvalue weighted by atomic mass is 10.3. The monoisotopic (exact) mass is 121 g/mol. The molecule has 42 valence electrons. The Hall–Kier alpha value is 0.210. The van der Waals surface area contributed by atoms with Crippen LogP contribution in [0.15, 0.2) is 0 Å². The van der Waals surface area contributed by atoms with E-state index < -0.39 is 0 Å². The van der Waals surface area contributed by atoms with Crippen molar-refractivity contribution in [2.75, 3.05) is 13.1 Å². The molecular formula is C4H8ClNO. The van der Waals surface area contributed by atoms with Gasteiger partial charge in [0.25, 0.3) is 0 Å². The minimum Gasteiger partial charge on any atom is -0.390 e. The number of hydrogen-bond acceptors (Lipinski definition) is 2. The van der Waals surface area contributed by atoms with Crippen LogP contribution in [0.1, 0.15) is 0 Å². The van der Waals surface area contributed by atoms with Crippen molar-refractivity contribution < 1.29 is 5.11 Å². The van der Waals surface area contributed by atoms with Crippen LogP contribution in [0.3, 0.4) is 0 Å². The molecule has 0 amide bonds. The lowest BCUT2D eigenvalue weighted by molar-refractivity contribution is 0.199. The second kappa shape index (κ2) is 1.99. The quantitative estimate of drug-likeness (QED) is 0.426. The first-order valence-corrected chi connectivity index (χ1v) is 2.77. The van der Waals surface area contributed by atoms with Crippen molar-refractivity contribution >= 4 is 11.6 Å². The molecule has 0 aromatic heterocycles. The number of alkyl halides is 1. The van der Waals surface area contributed by atoms with Crippen molar-refractivity contribution in [3.8, 4) is 0 Å². The minimum atomic E-state index is -0.332. The normalized spacial score (nSPS) is 42.0. The van der Waals surface area contributed by atoms with Crippen molar-refractivity contribution in [3.05, 3.63) is 0 Å². The Labute approximate surface area is 47.5 Å². The fourth-order valence-corrected chi connectivity index (χ4v) is 0.831. The number of nitrogens with one attached hydrogen (secondary N) is 1. The molecule has 2 nitrogen and oxygen atoms in total. The van der Waals surface area contributed by atoms with Gasteiger partial charge in [0, 0.05) is 13.1 Å². The van der Waals surface area contributed by atoms with Gasteiger partial charge in [-0.05, 0) is 0 Å². The number of hydrogen-bond donors (Lipinski definition) is 2. The Kier molecular flexibility index (Phi) is 1.52. The Morgan fingerprint density at radius 1 is 1.57 bits per heavy atom. The third-order valence-corrected chi connectivity index (χ3v) is 1.56. The molecule has 1 aliphatic rings. The maximum absolute atomic E-state index is 8.80. The molecular weight excluding hydrogens is 114 g/mol. The number of rotatable bonds is 0.